The molecule has 372 valence electrons. The maximum atomic E-state index is 12.4. The number of rotatable bonds is 47. The maximum Gasteiger partial charge on any atom is 0.220 e. The van der Waals surface area contributed by atoms with Crippen molar-refractivity contribution >= 4 is 5.91 Å². The zero-order valence-electron chi connectivity index (χ0n) is 42.6. The van der Waals surface area contributed by atoms with Crippen LogP contribution in [-0.2, 0) is 4.79 Å². The minimum atomic E-state index is -0.879. The highest BCUT2D eigenvalue weighted by molar-refractivity contribution is 5.76. The van der Waals surface area contributed by atoms with Gasteiger partial charge in [0.05, 0.1) is 18.8 Å². The van der Waals surface area contributed by atoms with Gasteiger partial charge in [-0.2, -0.15) is 0 Å². The van der Waals surface area contributed by atoms with Crippen molar-refractivity contribution in [3.8, 4) is 0 Å². The Labute approximate surface area is 408 Å². The lowest BCUT2D eigenvalue weighted by atomic mass is 10.1. The van der Waals surface area contributed by atoms with E-state index in [1.165, 1.54) is 89.9 Å². The van der Waals surface area contributed by atoms with Gasteiger partial charge in [0.15, 0.2) is 0 Å². The molecule has 0 aliphatic rings. The molecule has 4 heteroatoms. The van der Waals surface area contributed by atoms with E-state index in [2.05, 4.69) is 153 Å². The molecule has 0 aromatic rings. The van der Waals surface area contributed by atoms with Crippen molar-refractivity contribution in [2.75, 3.05) is 6.61 Å². The van der Waals surface area contributed by atoms with E-state index >= 15 is 0 Å². The Bertz CT molecular complexity index is 1400. The first kappa shape index (κ1) is 62.3. The number of carbonyl (C=O) groups excluding carboxylic acids is 1. The van der Waals surface area contributed by atoms with Crippen LogP contribution < -0.4 is 5.32 Å². The molecule has 0 aliphatic heterocycles. The Balaban J connectivity index is 3.70. The van der Waals surface area contributed by atoms with E-state index in [0.29, 0.717) is 6.42 Å². The van der Waals surface area contributed by atoms with Crippen molar-refractivity contribution in [3.63, 3.8) is 0 Å². The van der Waals surface area contributed by atoms with E-state index < -0.39 is 12.1 Å². The number of amides is 1. The summed E-state index contributed by atoms with van der Waals surface area (Å²) in [6, 6.07) is -0.658. The Morgan fingerprint density at radius 3 is 1.06 bits per heavy atom. The SMILES string of the molecule is CC/C=C\C/C=C\C/C=C\C/C=C\C/C=C\C/C=C\C/C=C\C/C=C\C/C=C\C/C=C\CCCCCCCCC(=O)NC(CO)C(O)/C=C/CC/C=C/CCCCCCCCCCCCC. The molecule has 0 aromatic carbocycles. The van der Waals surface area contributed by atoms with Crippen LogP contribution in [0.2, 0.25) is 0 Å². The Morgan fingerprint density at radius 1 is 0.379 bits per heavy atom. The molecule has 0 fully saturated rings. The smallest absolute Gasteiger partial charge is 0.220 e. The minimum absolute atomic E-state index is 0.0948. The second-order valence-electron chi connectivity index (χ2n) is 17.6. The van der Waals surface area contributed by atoms with Crippen molar-refractivity contribution in [1.82, 2.24) is 5.32 Å². The fourth-order valence-corrected chi connectivity index (χ4v) is 7.22. The molecular formula is C62H101NO3. The monoisotopic (exact) mass is 908 g/mol. The molecule has 0 radical (unpaired) electrons. The van der Waals surface area contributed by atoms with E-state index in [0.717, 1.165) is 109 Å². The average molecular weight is 908 g/mol. The van der Waals surface area contributed by atoms with Crippen molar-refractivity contribution in [2.45, 2.75) is 231 Å². The van der Waals surface area contributed by atoms with Crippen LogP contribution in [0, 0.1) is 0 Å². The van der Waals surface area contributed by atoms with Crippen molar-refractivity contribution in [1.29, 1.82) is 0 Å². The standard InChI is InChI=1S/C62H101NO3/c1-3-5-7-9-11-13-15-17-19-21-22-23-24-25-26-27-28-29-30-31-32-33-34-35-36-37-38-39-40-42-44-46-48-50-52-54-56-58-62(66)63-60(59-64)61(65)57-55-53-51-49-47-45-43-41-20-18-16-14-12-10-8-6-4-2/h5,7,11,13,17,19,22-23,25-26,28-29,31-32,34-35,37-38,40,42,47,49,55,57,60-61,64-65H,3-4,6,8-10,12,14-16,18,20-21,24,27,30,33,36,39,41,43-46,48,50-54,56,58-59H2,1-2H3,(H,63,66)/b7-5-,13-11-,19-17-,23-22-,26-25-,29-28-,32-31-,35-34-,38-37-,42-40-,49-47+,57-55+. The van der Waals surface area contributed by atoms with Crippen molar-refractivity contribution in [3.05, 3.63) is 146 Å². The molecule has 0 rings (SSSR count). The Hall–Kier alpha value is -3.73. The number of carbonyl (C=O) groups is 1. The molecular weight excluding hydrogens is 807 g/mol. The number of hydrogen-bond acceptors (Lipinski definition) is 3. The summed E-state index contributed by atoms with van der Waals surface area (Å²) in [5.41, 5.74) is 0. The van der Waals surface area contributed by atoms with Crippen molar-refractivity contribution in [2.24, 2.45) is 0 Å². The highest BCUT2D eigenvalue weighted by atomic mass is 16.3. The second kappa shape index (κ2) is 55.6. The van der Waals surface area contributed by atoms with E-state index in [4.69, 9.17) is 0 Å². The van der Waals surface area contributed by atoms with Crippen LogP contribution in [0.25, 0.3) is 0 Å². The largest absolute Gasteiger partial charge is 0.394 e. The summed E-state index contributed by atoms with van der Waals surface area (Å²) in [4.78, 5) is 12.4. The summed E-state index contributed by atoms with van der Waals surface area (Å²) in [6.45, 7) is 4.17. The van der Waals surface area contributed by atoms with E-state index in [9.17, 15) is 15.0 Å². The Morgan fingerprint density at radius 2 is 0.682 bits per heavy atom. The van der Waals surface area contributed by atoms with Crippen LogP contribution in [0.5, 0.6) is 0 Å². The van der Waals surface area contributed by atoms with Gasteiger partial charge in [0.25, 0.3) is 0 Å². The topological polar surface area (TPSA) is 69.6 Å². The summed E-state index contributed by atoms with van der Waals surface area (Å²) in [6.07, 6.45) is 88.4. The molecule has 0 saturated heterocycles. The van der Waals surface area contributed by atoms with Gasteiger partial charge in [0.1, 0.15) is 0 Å². The molecule has 0 spiro atoms. The van der Waals surface area contributed by atoms with Gasteiger partial charge in [0, 0.05) is 6.42 Å². The zero-order valence-corrected chi connectivity index (χ0v) is 42.6. The van der Waals surface area contributed by atoms with Crippen LogP contribution in [0.15, 0.2) is 146 Å². The molecule has 3 N–H and O–H groups in total. The number of allylic oxidation sites excluding steroid dienone is 23. The van der Waals surface area contributed by atoms with E-state index in [-0.39, 0.29) is 12.5 Å². The number of hydrogen-bond donors (Lipinski definition) is 3. The molecule has 0 aromatic heterocycles. The van der Waals surface area contributed by atoms with Crippen LogP contribution in [0.3, 0.4) is 0 Å². The minimum Gasteiger partial charge on any atom is -0.394 e. The summed E-state index contributed by atoms with van der Waals surface area (Å²) < 4.78 is 0. The first-order chi connectivity index (χ1) is 32.7. The first-order valence-corrected chi connectivity index (χ1v) is 27.0. The number of nitrogens with one attached hydrogen (secondary N) is 1. The first-order valence-electron chi connectivity index (χ1n) is 27.0. The van der Waals surface area contributed by atoms with Gasteiger partial charge in [0.2, 0.25) is 5.91 Å². The Kier molecular flexibility index (Phi) is 52.5. The van der Waals surface area contributed by atoms with E-state index in [1.807, 2.05) is 6.08 Å². The lowest BCUT2D eigenvalue weighted by Crippen LogP contribution is -2.45. The second-order valence-corrected chi connectivity index (χ2v) is 17.6. The normalized spacial score (nSPS) is 14.1. The zero-order chi connectivity index (χ0) is 47.7. The van der Waals surface area contributed by atoms with Gasteiger partial charge in [-0.25, -0.2) is 0 Å². The molecule has 1 amide bonds. The third-order valence-electron chi connectivity index (χ3n) is 11.3. The summed E-state index contributed by atoms with van der Waals surface area (Å²) in [5.74, 6) is -0.0948. The molecule has 2 unspecified atom stereocenters. The fourth-order valence-electron chi connectivity index (χ4n) is 7.22. The highest BCUT2D eigenvalue weighted by Crippen LogP contribution is 2.13. The summed E-state index contributed by atoms with van der Waals surface area (Å²) >= 11 is 0. The maximum absolute atomic E-state index is 12.4. The molecule has 0 aliphatic carbocycles. The molecule has 4 nitrogen and oxygen atoms in total. The lowest BCUT2D eigenvalue weighted by molar-refractivity contribution is -0.123. The molecule has 0 heterocycles. The third kappa shape index (κ3) is 51.3. The summed E-state index contributed by atoms with van der Waals surface area (Å²) in [5, 5.41) is 23.1. The van der Waals surface area contributed by atoms with Gasteiger partial charge < -0.3 is 15.5 Å². The molecule has 66 heavy (non-hydrogen) atoms. The molecule has 0 saturated carbocycles. The number of aliphatic hydroxyl groups is 2. The van der Waals surface area contributed by atoms with E-state index in [1.54, 1.807) is 6.08 Å². The number of unbranched alkanes of at least 4 members (excludes halogenated alkanes) is 18. The van der Waals surface area contributed by atoms with Crippen molar-refractivity contribution < 1.29 is 15.0 Å². The average Bonchev–Trinajstić information content (AvgIpc) is 3.32. The van der Waals surface area contributed by atoms with Gasteiger partial charge in [-0.3, -0.25) is 4.79 Å². The van der Waals surface area contributed by atoms with Crippen LogP contribution in [0.4, 0.5) is 0 Å². The number of aliphatic hydroxyl groups excluding tert-OH is 2. The van der Waals surface area contributed by atoms with Gasteiger partial charge in [-0.1, -0.05) is 250 Å². The predicted octanol–water partition coefficient (Wildman–Crippen LogP) is 18.0. The lowest BCUT2D eigenvalue weighted by Gasteiger charge is -2.19. The summed E-state index contributed by atoms with van der Waals surface area (Å²) in [7, 11) is 0. The van der Waals surface area contributed by atoms with Gasteiger partial charge in [-0.05, 0) is 109 Å². The molecule has 0 bridgehead atoms. The third-order valence-corrected chi connectivity index (χ3v) is 11.3. The highest BCUT2D eigenvalue weighted by Gasteiger charge is 2.17. The predicted molar refractivity (Wildman–Crippen MR) is 294 cm³/mol. The van der Waals surface area contributed by atoms with Gasteiger partial charge >= 0.3 is 0 Å². The van der Waals surface area contributed by atoms with Crippen LogP contribution >= 0.6 is 0 Å². The fraction of sp³-hybridized carbons (Fsp3) is 0.597. The van der Waals surface area contributed by atoms with Crippen LogP contribution in [-0.4, -0.2) is 34.9 Å². The quantitative estimate of drug-likeness (QED) is 0.0421. The van der Waals surface area contributed by atoms with Crippen LogP contribution in [0.1, 0.15) is 219 Å². The van der Waals surface area contributed by atoms with Gasteiger partial charge in [-0.15, -0.1) is 0 Å². The molecule has 2 atom stereocenters.